The van der Waals surface area contributed by atoms with E-state index in [0.717, 1.165) is 5.92 Å². The molecule has 0 N–H and O–H groups in total. The number of benzene rings is 1. The summed E-state index contributed by atoms with van der Waals surface area (Å²) >= 11 is 0. The van der Waals surface area contributed by atoms with Crippen LogP contribution in [0.2, 0.25) is 0 Å². The van der Waals surface area contributed by atoms with E-state index >= 15 is 0 Å². The van der Waals surface area contributed by atoms with E-state index < -0.39 is 0 Å². The molecule has 1 aromatic carbocycles. The highest BCUT2D eigenvalue weighted by molar-refractivity contribution is 5.14. The summed E-state index contributed by atoms with van der Waals surface area (Å²) in [6.07, 6.45) is 8.08. The van der Waals surface area contributed by atoms with E-state index in [0.29, 0.717) is 0 Å². The number of hydrogen-bond acceptors (Lipinski definition) is 2. The molecular weight excluding hydrogens is 280 g/mol. The molecule has 2 heteroatoms. The van der Waals surface area contributed by atoms with Gasteiger partial charge in [0, 0.05) is 6.54 Å². The summed E-state index contributed by atoms with van der Waals surface area (Å²) in [5, 5.41) is 0. The molecule has 130 valence electrons. The molecule has 1 aromatic rings. The van der Waals surface area contributed by atoms with Crippen LogP contribution in [-0.4, -0.2) is 49.1 Å². The van der Waals surface area contributed by atoms with Crippen LogP contribution in [0, 0.1) is 5.92 Å². The van der Waals surface area contributed by atoms with E-state index in [1.165, 1.54) is 83.4 Å². The monoisotopic (exact) mass is 316 g/mol. The van der Waals surface area contributed by atoms with Gasteiger partial charge in [-0.3, -0.25) is 0 Å². The van der Waals surface area contributed by atoms with Gasteiger partial charge in [-0.1, -0.05) is 50.6 Å². The summed E-state index contributed by atoms with van der Waals surface area (Å²) in [5.41, 5.74) is 1.47. The van der Waals surface area contributed by atoms with Gasteiger partial charge in [0.05, 0.1) is 0 Å². The molecule has 1 aliphatic heterocycles. The second-order valence-corrected chi connectivity index (χ2v) is 7.52. The maximum absolute atomic E-state index is 2.69. The lowest BCUT2D eigenvalue weighted by molar-refractivity contribution is 0.199. The average Bonchev–Trinajstić information content (AvgIpc) is 2.58. The Labute approximate surface area is 143 Å². The van der Waals surface area contributed by atoms with Crippen LogP contribution in [0.4, 0.5) is 0 Å². The minimum Gasteiger partial charge on any atom is -0.303 e. The second kappa shape index (κ2) is 10.8. The minimum absolute atomic E-state index is 0.802. The number of piperidine rings is 1. The maximum atomic E-state index is 2.69. The van der Waals surface area contributed by atoms with Crippen molar-refractivity contribution in [2.24, 2.45) is 5.92 Å². The van der Waals surface area contributed by atoms with Gasteiger partial charge in [-0.25, -0.2) is 0 Å². The van der Waals surface area contributed by atoms with Crippen molar-refractivity contribution >= 4 is 0 Å². The first-order chi connectivity index (χ1) is 11.2. The molecule has 23 heavy (non-hydrogen) atoms. The summed E-state index contributed by atoms with van der Waals surface area (Å²) in [6, 6.07) is 10.9. The van der Waals surface area contributed by atoms with Gasteiger partial charge in [0.1, 0.15) is 0 Å². The molecule has 0 atom stereocenters. The summed E-state index contributed by atoms with van der Waals surface area (Å²) in [7, 11) is 0. The van der Waals surface area contributed by atoms with Gasteiger partial charge >= 0.3 is 0 Å². The number of nitrogens with zero attached hydrogens (tertiary/aromatic N) is 2. The molecule has 0 unspecified atom stereocenters. The summed E-state index contributed by atoms with van der Waals surface area (Å²) in [5.74, 6) is 0.802. The predicted octanol–water partition coefficient (Wildman–Crippen LogP) is 4.45. The average molecular weight is 317 g/mol. The molecule has 0 spiro atoms. The van der Waals surface area contributed by atoms with Crippen molar-refractivity contribution in [2.45, 2.75) is 52.4 Å². The largest absolute Gasteiger partial charge is 0.303 e. The van der Waals surface area contributed by atoms with Crippen LogP contribution in [-0.2, 0) is 6.42 Å². The smallest absolute Gasteiger partial charge is 0.00218 e. The Kier molecular flexibility index (Phi) is 8.70. The molecule has 2 nitrogen and oxygen atoms in total. The standard InChI is InChI=1S/C21H36N2/c1-20(2)12-18-23(19-13-21-10-5-3-6-11-21)17-9-16-22-14-7-4-8-15-22/h3,5-6,10-11,20H,4,7-9,12-19H2,1-2H3. The molecule has 0 aromatic heterocycles. The third kappa shape index (κ3) is 7.99. The lowest BCUT2D eigenvalue weighted by Crippen LogP contribution is -2.34. The van der Waals surface area contributed by atoms with E-state index in [1.807, 2.05) is 0 Å². The zero-order chi connectivity index (χ0) is 16.3. The highest BCUT2D eigenvalue weighted by Crippen LogP contribution is 2.10. The maximum Gasteiger partial charge on any atom is 0.00218 e. The number of hydrogen-bond donors (Lipinski definition) is 0. The van der Waals surface area contributed by atoms with Crippen LogP contribution in [0.1, 0.15) is 51.5 Å². The second-order valence-electron chi connectivity index (χ2n) is 7.52. The van der Waals surface area contributed by atoms with Crippen molar-refractivity contribution in [2.75, 3.05) is 39.3 Å². The van der Waals surface area contributed by atoms with Gasteiger partial charge in [-0.05, 0) is 76.3 Å². The molecule has 0 radical (unpaired) electrons. The summed E-state index contributed by atoms with van der Waals surface area (Å²) in [4.78, 5) is 5.36. The lowest BCUT2D eigenvalue weighted by Gasteiger charge is -2.28. The normalized spacial score (nSPS) is 16.3. The third-order valence-corrected chi connectivity index (χ3v) is 4.98. The molecule has 2 rings (SSSR count). The Morgan fingerprint density at radius 3 is 2.39 bits per heavy atom. The van der Waals surface area contributed by atoms with Crippen LogP contribution < -0.4 is 0 Å². The van der Waals surface area contributed by atoms with Gasteiger partial charge in [0.15, 0.2) is 0 Å². The van der Waals surface area contributed by atoms with Gasteiger partial charge < -0.3 is 9.80 Å². The van der Waals surface area contributed by atoms with Crippen LogP contribution in [0.25, 0.3) is 0 Å². The fourth-order valence-electron chi connectivity index (χ4n) is 3.41. The van der Waals surface area contributed by atoms with Gasteiger partial charge in [-0.2, -0.15) is 0 Å². The van der Waals surface area contributed by atoms with Crippen LogP contribution in [0.15, 0.2) is 30.3 Å². The Morgan fingerprint density at radius 2 is 1.70 bits per heavy atom. The lowest BCUT2D eigenvalue weighted by atomic mass is 10.1. The van der Waals surface area contributed by atoms with Crippen LogP contribution in [0.3, 0.4) is 0 Å². The topological polar surface area (TPSA) is 6.48 Å². The minimum atomic E-state index is 0.802. The number of likely N-dealkylation sites (tertiary alicyclic amines) is 1. The van der Waals surface area contributed by atoms with E-state index in [1.54, 1.807) is 0 Å². The first-order valence-corrected chi connectivity index (χ1v) is 9.72. The Bertz CT molecular complexity index is 396. The first kappa shape index (κ1) is 18.5. The highest BCUT2D eigenvalue weighted by Gasteiger charge is 2.11. The SMILES string of the molecule is CC(C)CCN(CCCN1CCCCC1)CCc1ccccc1. The Morgan fingerprint density at radius 1 is 0.957 bits per heavy atom. The third-order valence-electron chi connectivity index (χ3n) is 4.98. The van der Waals surface area contributed by atoms with Crippen LogP contribution >= 0.6 is 0 Å². The first-order valence-electron chi connectivity index (χ1n) is 9.72. The molecule has 1 fully saturated rings. The molecule has 0 amide bonds. The molecule has 0 bridgehead atoms. The van der Waals surface area contributed by atoms with E-state index in [2.05, 4.69) is 54.0 Å². The molecule has 0 aliphatic carbocycles. The van der Waals surface area contributed by atoms with Crippen molar-refractivity contribution in [1.82, 2.24) is 9.80 Å². The zero-order valence-electron chi connectivity index (χ0n) is 15.3. The fraction of sp³-hybridized carbons (Fsp3) is 0.714. The fourth-order valence-corrected chi connectivity index (χ4v) is 3.41. The Hall–Kier alpha value is -0.860. The molecule has 1 aliphatic rings. The summed E-state index contributed by atoms with van der Waals surface area (Å²) < 4.78 is 0. The van der Waals surface area contributed by atoms with E-state index in [-0.39, 0.29) is 0 Å². The predicted molar refractivity (Wildman–Crippen MR) is 101 cm³/mol. The van der Waals surface area contributed by atoms with Crippen molar-refractivity contribution in [3.63, 3.8) is 0 Å². The summed E-state index contributed by atoms with van der Waals surface area (Å²) in [6.45, 7) is 12.3. The molecule has 1 heterocycles. The van der Waals surface area contributed by atoms with Crippen molar-refractivity contribution in [3.05, 3.63) is 35.9 Å². The van der Waals surface area contributed by atoms with Crippen molar-refractivity contribution in [3.8, 4) is 0 Å². The number of rotatable bonds is 10. The van der Waals surface area contributed by atoms with Gasteiger partial charge in [-0.15, -0.1) is 0 Å². The zero-order valence-corrected chi connectivity index (χ0v) is 15.3. The van der Waals surface area contributed by atoms with E-state index in [4.69, 9.17) is 0 Å². The van der Waals surface area contributed by atoms with Crippen molar-refractivity contribution < 1.29 is 0 Å². The molecule has 0 saturated carbocycles. The molecule has 1 saturated heterocycles. The van der Waals surface area contributed by atoms with E-state index in [9.17, 15) is 0 Å². The molecular formula is C21H36N2. The van der Waals surface area contributed by atoms with Gasteiger partial charge in [0.25, 0.3) is 0 Å². The van der Waals surface area contributed by atoms with Crippen molar-refractivity contribution in [1.29, 1.82) is 0 Å². The Balaban J connectivity index is 1.71. The van der Waals surface area contributed by atoms with Gasteiger partial charge in [0.2, 0.25) is 0 Å². The highest BCUT2D eigenvalue weighted by atomic mass is 15.1. The van der Waals surface area contributed by atoms with Crippen LogP contribution in [0.5, 0.6) is 0 Å². The quantitative estimate of drug-likeness (QED) is 0.629.